The molecule has 0 saturated heterocycles. The van der Waals surface area contributed by atoms with Crippen molar-refractivity contribution in [3.05, 3.63) is 51.7 Å². The van der Waals surface area contributed by atoms with Crippen molar-refractivity contribution in [2.45, 2.75) is 57.9 Å². The van der Waals surface area contributed by atoms with E-state index >= 15 is 0 Å². The third-order valence-corrected chi connectivity index (χ3v) is 6.88. The van der Waals surface area contributed by atoms with Crippen LogP contribution in [0.2, 0.25) is 0 Å². The first kappa shape index (κ1) is 19.2. The zero-order chi connectivity index (χ0) is 19.3. The number of hydrogen-bond acceptors (Lipinski definition) is 3. The molecule has 1 aromatic carbocycles. The summed E-state index contributed by atoms with van der Waals surface area (Å²) in [7, 11) is 0. The van der Waals surface area contributed by atoms with E-state index in [9.17, 15) is 9.59 Å². The molecule has 2 amide bonds. The molecule has 148 valence electrons. The number of thiophene rings is 1. The van der Waals surface area contributed by atoms with Crippen LogP contribution < -0.4 is 5.32 Å². The minimum atomic E-state index is 0.0996. The Hall–Kier alpha value is -2.14. The minimum Gasteiger partial charge on any atom is -0.333 e. The molecule has 0 atom stereocenters. The molecule has 1 aliphatic carbocycles. The van der Waals surface area contributed by atoms with Crippen LogP contribution in [0.15, 0.2) is 35.7 Å². The fourth-order valence-electron chi connectivity index (χ4n) is 4.40. The Labute approximate surface area is 170 Å². The van der Waals surface area contributed by atoms with Gasteiger partial charge in [-0.2, -0.15) is 0 Å². The molecule has 28 heavy (non-hydrogen) atoms. The lowest BCUT2D eigenvalue weighted by Gasteiger charge is -2.29. The number of benzene rings is 1. The third kappa shape index (κ3) is 4.64. The topological polar surface area (TPSA) is 49.4 Å². The Bertz CT molecular complexity index is 825. The van der Waals surface area contributed by atoms with Crippen molar-refractivity contribution in [3.8, 4) is 0 Å². The van der Waals surface area contributed by atoms with Crippen molar-refractivity contribution in [3.63, 3.8) is 0 Å². The highest BCUT2D eigenvalue weighted by Crippen LogP contribution is 2.28. The fourth-order valence-corrected chi connectivity index (χ4v) is 5.09. The quantitative estimate of drug-likeness (QED) is 0.751. The van der Waals surface area contributed by atoms with Crippen LogP contribution in [0.25, 0.3) is 0 Å². The van der Waals surface area contributed by atoms with Crippen LogP contribution in [0.5, 0.6) is 0 Å². The van der Waals surface area contributed by atoms with Crippen molar-refractivity contribution in [2.24, 2.45) is 5.92 Å². The van der Waals surface area contributed by atoms with E-state index in [1.807, 2.05) is 34.5 Å². The van der Waals surface area contributed by atoms with Crippen LogP contribution in [0.4, 0.5) is 5.69 Å². The molecule has 1 N–H and O–H groups in total. The van der Waals surface area contributed by atoms with Gasteiger partial charge in [-0.1, -0.05) is 44.2 Å². The zero-order valence-electron chi connectivity index (χ0n) is 16.3. The van der Waals surface area contributed by atoms with Crippen molar-refractivity contribution < 1.29 is 9.59 Å². The van der Waals surface area contributed by atoms with E-state index in [-0.39, 0.29) is 11.8 Å². The zero-order valence-corrected chi connectivity index (χ0v) is 17.1. The maximum absolute atomic E-state index is 12.6. The number of amides is 2. The summed E-state index contributed by atoms with van der Waals surface area (Å²) < 4.78 is 0. The van der Waals surface area contributed by atoms with Crippen LogP contribution in [-0.2, 0) is 17.8 Å². The van der Waals surface area contributed by atoms with Gasteiger partial charge in [0.05, 0.1) is 4.88 Å². The van der Waals surface area contributed by atoms with Crippen LogP contribution >= 0.6 is 11.3 Å². The Balaban J connectivity index is 1.35. The van der Waals surface area contributed by atoms with Gasteiger partial charge in [0.25, 0.3) is 5.91 Å². The average molecular weight is 397 g/mol. The molecule has 4 rings (SSSR count). The van der Waals surface area contributed by atoms with E-state index in [4.69, 9.17) is 0 Å². The van der Waals surface area contributed by atoms with E-state index in [0.717, 1.165) is 41.4 Å². The van der Waals surface area contributed by atoms with E-state index in [0.29, 0.717) is 13.0 Å². The highest BCUT2D eigenvalue weighted by atomic mass is 32.1. The SMILES string of the molecule is O=C(CCC1CCCCC1)Nc1ccc2c(c1)CN(C(=O)c1cccs1)CC2. The predicted molar refractivity (Wildman–Crippen MR) is 114 cm³/mol. The molecule has 0 bridgehead atoms. The van der Waals surface area contributed by atoms with Gasteiger partial charge in [-0.25, -0.2) is 0 Å². The summed E-state index contributed by atoms with van der Waals surface area (Å²) in [6.07, 6.45) is 9.01. The number of anilines is 1. The van der Waals surface area contributed by atoms with Crippen LogP contribution in [0, 0.1) is 5.92 Å². The standard InChI is InChI=1S/C23H28N2O2S/c26-22(11-8-17-5-2-1-3-6-17)24-20-10-9-18-12-13-25(16-19(18)15-20)23(27)21-7-4-14-28-21/h4,7,9-10,14-15,17H,1-3,5-6,8,11-13,16H2,(H,24,26). The molecular formula is C23H28N2O2S. The molecule has 0 unspecified atom stereocenters. The highest BCUT2D eigenvalue weighted by Gasteiger charge is 2.23. The molecule has 2 aromatic rings. The smallest absolute Gasteiger partial charge is 0.264 e. The molecule has 1 aliphatic heterocycles. The number of rotatable bonds is 5. The van der Waals surface area contributed by atoms with Crippen LogP contribution in [-0.4, -0.2) is 23.3 Å². The second kappa shape index (κ2) is 8.91. The summed E-state index contributed by atoms with van der Waals surface area (Å²) in [6.45, 7) is 1.36. The van der Waals surface area contributed by atoms with Crippen molar-refractivity contribution >= 4 is 28.8 Å². The van der Waals surface area contributed by atoms with E-state index < -0.39 is 0 Å². The molecule has 2 aliphatic rings. The molecule has 4 nitrogen and oxygen atoms in total. The summed E-state index contributed by atoms with van der Waals surface area (Å²) >= 11 is 1.49. The van der Waals surface area contributed by atoms with Crippen LogP contribution in [0.3, 0.4) is 0 Å². The first-order valence-corrected chi connectivity index (χ1v) is 11.3. The summed E-state index contributed by atoms with van der Waals surface area (Å²) in [6, 6.07) is 9.93. The lowest BCUT2D eigenvalue weighted by atomic mass is 9.86. The monoisotopic (exact) mass is 396 g/mol. The lowest BCUT2D eigenvalue weighted by molar-refractivity contribution is -0.116. The molecule has 1 fully saturated rings. The second-order valence-electron chi connectivity index (χ2n) is 8.03. The largest absolute Gasteiger partial charge is 0.333 e. The maximum Gasteiger partial charge on any atom is 0.264 e. The van der Waals surface area contributed by atoms with Gasteiger partial charge in [0.1, 0.15) is 0 Å². The average Bonchev–Trinajstić information content (AvgIpc) is 3.27. The molecule has 2 heterocycles. The van der Waals surface area contributed by atoms with Gasteiger partial charge in [-0.05, 0) is 53.5 Å². The number of carbonyl (C=O) groups excluding carboxylic acids is 2. The van der Waals surface area contributed by atoms with E-state index in [1.54, 1.807) is 0 Å². The second-order valence-corrected chi connectivity index (χ2v) is 8.98. The summed E-state index contributed by atoms with van der Waals surface area (Å²) in [5.41, 5.74) is 3.26. The van der Waals surface area contributed by atoms with Gasteiger partial charge in [0, 0.05) is 25.2 Å². The number of hydrogen-bond donors (Lipinski definition) is 1. The Morgan fingerprint density at radius 2 is 1.96 bits per heavy atom. The van der Waals surface area contributed by atoms with Gasteiger partial charge >= 0.3 is 0 Å². The van der Waals surface area contributed by atoms with Gasteiger partial charge in [0.15, 0.2) is 0 Å². The number of nitrogens with one attached hydrogen (secondary N) is 1. The molecule has 5 heteroatoms. The lowest BCUT2D eigenvalue weighted by Crippen LogP contribution is -2.35. The summed E-state index contributed by atoms with van der Waals surface area (Å²) in [5.74, 6) is 0.926. The van der Waals surface area contributed by atoms with Gasteiger partial charge in [-0.3, -0.25) is 9.59 Å². The molecule has 0 radical (unpaired) electrons. The Morgan fingerprint density at radius 1 is 1.11 bits per heavy atom. The van der Waals surface area contributed by atoms with Crippen molar-refractivity contribution in [1.82, 2.24) is 4.90 Å². The van der Waals surface area contributed by atoms with Crippen LogP contribution in [0.1, 0.15) is 65.7 Å². The number of nitrogens with zero attached hydrogens (tertiary/aromatic N) is 1. The highest BCUT2D eigenvalue weighted by molar-refractivity contribution is 7.12. The molecule has 1 aromatic heterocycles. The Morgan fingerprint density at radius 3 is 2.75 bits per heavy atom. The van der Waals surface area contributed by atoms with Gasteiger partial charge in [-0.15, -0.1) is 11.3 Å². The Kier molecular flexibility index (Phi) is 6.10. The molecular weight excluding hydrogens is 368 g/mol. The van der Waals surface area contributed by atoms with Gasteiger partial charge in [0.2, 0.25) is 5.91 Å². The van der Waals surface area contributed by atoms with Gasteiger partial charge < -0.3 is 10.2 Å². The third-order valence-electron chi connectivity index (χ3n) is 6.03. The minimum absolute atomic E-state index is 0.0996. The van der Waals surface area contributed by atoms with E-state index in [2.05, 4.69) is 11.4 Å². The predicted octanol–water partition coefficient (Wildman–Crippen LogP) is 5.25. The summed E-state index contributed by atoms with van der Waals surface area (Å²) in [4.78, 5) is 27.7. The molecule has 0 spiro atoms. The number of fused-ring (bicyclic) bond motifs is 1. The van der Waals surface area contributed by atoms with Crippen molar-refractivity contribution in [1.29, 1.82) is 0 Å². The van der Waals surface area contributed by atoms with E-state index in [1.165, 1.54) is 49.0 Å². The summed E-state index contributed by atoms with van der Waals surface area (Å²) in [5, 5.41) is 5.00. The normalized spacial score (nSPS) is 17.2. The number of carbonyl (C=O) groups is 2. The first-order chi connectivity index (χ1) is 13.7. The fraction of sp³-hybridized carbons (Fsp3) is 0.478. The molecule has 1 saturated carbocycles. The maximum atomic E-state index is 12.6. The van der Waals surface area contributed by atoms with Crippen molar-refractivity contribution in [2.75, 3.05) is 11.9 Å². The first-order valence-electron chi connectivity index (χ1n) is 10.4.